The van der Waals surface area contributed by atoms with Crippen molar-refractivity contribution in [1.82, 2.24) is 0 Å². The molecule has 0 saturated carbocycles. The lowest BCUT2D eigenvalue weighted by atomic mass is 10.0. The van der Waals surface area contributed by atoms with Crippen LogP contribution in [0, 0.1) is 29.3 Å². The van der Waals surface area contributed by atoms with E-state index in [4.69, 9.17) is 0 Å². The second-order valence-electron chi connectivity index (χ2n) is 7.92. The van der Waals surface area contributed by atoms with Gasteiger partial charge in [-0.1, -0.05) is 61.6 Å². The Hall–Kier alpha value is -3.51. The third-order valence-corrected chi connectivity index (χ3v) is 5.55. The molecule has 0 saturated heterocycles. The quantitative estimate of drug-likeness (QED) is 0.291. The van der Waals surface area contributed by atoms with Crippen LogP contribution < -0.4 is 0 Å². The Balaban J connectivity index is 1.42. The predicted octanol–water partition coefficient (Wildman–Crippen LogP) is 7.39. The zero-order valence-electron chi connectivity index (χ0n) is 17.9. The summed E-state index contributed by atoms with van der Waals surface area (Å²) in [6.07, 6.45) is 3.31. The van der Waals surface area contributed by atoms with Gasteiger partial charge in [-0.05, 0) is 77.7 Å². The summed E-state index contributed by atoms with van der Waals surface area (Å²) in [7, 11) is 0. The molecular weight excluding hydrogens is 405 g/mol. The fourth-order valence-corrected chi connectivity index (χ4v) is 3.76. The molecule has 0 fully saturated rings. The molecule has 0 aliphatic carbocycles. The molecule has 0 amide bonds. The zero-order valence-corrected chi connectivity index (χ0v) is 17.9. The van der Waals surface area contributed by atoms with Crippen LogP contribution in [0.3, 0.4) is 0 Å². The summed E-state index contributed by atoms with van der Waals surface area (Å²) >= 11 is 0. The molecule has 0 aliphatic heterocycles. The molecule has 0 bridgehead atoms. The molecule has 4 aromatic rings. The number of rotatable bonds is 5. The van der Waals surface area contributed by atoms with Crippen molar-refractivity contribution >= 4 is 10.8 Å². The van der Waals surface area contributed by atoms with Crippen molar-refractivity contribution in [3.8, 4) is 11.8 Å². The average molecular weight is 428 g/mol. The van der Waals surface area contributed by atoms with E-state index in [1.807, 2.05) is 36.4 Å². The van der Waals surface area contributed by atoms with Gasteiger partial charge in [0.1, 0.15) is 5.82 Å². The summed E-state index contributed by atoms with van der Waals surface area (Å²) in [4.78, 5) is 0. The zero-order chi connectivity index (χ0) is 22.5. The maximum Gasteiger partial charge on any atom is 0.166 e. The molecule has 0 spiro atoms. The van der Waals surface area contributed by atoms with E-state index in [9.17, 15) is 13.2 Å². The van der Waals surface area contributed by atoms with E-state index in [0.29, 0.717) is 11.8 Å². The van der Waals surface area contributed by atoms with Gasteiger partial charge in [0.25, 0.3) is 0 Å². The maximum atomic E-state index is 14.3. The number of hydrogen-bond acceptors (Lipinski definition) is 0. The summed E-state index contributed by atoms with van der Waals surface area (Å²) in [5, 5.41) is 0.859. The maximum absolute atomic E-state index is 14.3. The van der Waals surface area contributed by atoms with Gasteiger partial charge in [-0.3, -0.25) is 0 Å². The smallest absolute Gasteiger partial charge is 0.166 e. The molecule has 0 aromatic heterocycles. The van der Waals surface area contributed by atoms with Gasteiger partial charge in [0.2, 0.25) is 0 Å². The van der Waals surface area contributed by atoms with E-state index in [0.717, 1.165) is 53.1 Å². The first kappa shape index (κ1) is 21.7. The van der Waals surface area contributed by atoms with Crippen molar-refractivity contribution in [3.05, 3.63) is 118 Å². The SMILES string of the molecule is CCCc1ccc(CCc2ccc(C#Cc3ccc4c(F)c(F)ccc4c3)cc2)c(F)c1. The Morgan fingerprint density at radius 3 is 2.09 bits per heavy atom. The van der Waals surface area contributed by atoms with E-state index >= 15 is 0 Å². The lowest BCUT2D eigenvalue weighted by Gasteiger charge is -2.06. The second kappa shape index (κ2) is 9.75. The first-order valence-corrected chi connectivity index (χ1v) is 10.8. The highest BCUT2D eigenvalue weighted by Crippen LogP contribution is 2.21. The van der Waals surface area contributed by atoms with Crippen LogP contribution in [0.1, 0.15) is 41.2 Å². The van der Waals surface area contributed by atoms with Gasteiger partial charge in [-0.15, -0.1) is 0 Å². The largest absolute Gasteiger partial charge is 0.207 e. The number of halogens is 3. The van der Waals surface area contributed by atoms with Crippen LogP contribution in [-0.2, 0) is 19.3 Å². The van der Waals surface area contributed by atoms with Crippen molar-refractivity contribution in [2.24, 2.45) is 0 Å². The second-order valence-corrected chi connectivity index (χ2v) is 7.92. The van der Waals surface area contributed by atoms with E-state index in [2.05, 4.69) is 18.8 Å². The Morgan fingerprint density at radius 2 is 1.34 bits per heavy atom. The Kier molecular flexibility index (Phi) is 6.61. The van der Waals surface area contributed by atoms with Crippen LogP contribution >= 0.6 is 0 Å². The molecular formula is C29H23F3. The van der Waals surface area contributed by atoms with E-state index < -0.39 is 11.6 Å². The lowest BCUT2D eigenvalue weighted by Crippen LogP contribution is -1.96. The highest BCUT2D eigenvalue weighted by molar-refractivity contribution is 5.84. The number of benzene rings is 4. The average Bonchev–Trinajstić information content (AvgIpc) is 2.80. The fraction of sp³-hybridized carbons (Fsp3) is 0.172. The molecule has 0 N–H and O–H groups in total. The van der Waals surface area contributed by atoms with Gasteiger partial charge < -0.3 is 0 Å². The third-order valence-electron chi connectivity index (χ3n) is 5.55. The molecule has 0 atom stereocenters. The normalized spacial score (nSPS) is 10.8. The predicted molar refractivity (Wildman–Crippen MR) is 124 cm³/mol. The van der Waals surface area contributed by atoms with Crippen molar-refractivity contribution in [1.29, 1.82) is 0 Å². The first-order valence-electron chi connectivity index (χ1n) is 10.8. The van der Waals surface area contributed by atoms with Crippen molar-refractivity contribution in [2.75, 3.05) is 0 Å². The fourth-order valence-electron chi connectivity index (χ4n) is 3.76. The van der Waals surface area contributed by atoms with Crippen molar-refractivity contribution < 1.29 is 13.2 Å². The Bertz CT molecular complexity index is 1310. The van der Waals surface area contributed by atoms with Gasteiger partial charge in [0, 0.05) is 16.5 Å². The highest BCUT2D eigenvalue weighted by atomic mass is 19.2. The molecule has 0 aliphatic rings. The van der Waals surface area contributed by atoms with Gasteiger partial charge in [-0.2, -0.15) is 0 Å². The summed E-state index contributed by atoms with van der Waals surface area (Å²) in [6.45, 7) is 2.09. The van der Waals surface area contributed by atoms with Crippen molar-refractivity contribution in [3.63, 3.8) is 0 Å². The topological polar surface area (TPSA) is 0 Å². The summed E-state index contributed by atoms with van der Waals surface area (Å²) in [5.74, 6) is 4.35. The monoisotopic (exact) mass is 428 g/mol. The summed E-state index contributed by atoms with van der Waals surface area (Å²) in [5.41, 5.74) is 4.49. The van der Waals surface area contributed by atoms with E-state index in [1.165, 1.54) is 0 Å². The summed E-state index contributed by atoms with van der Waals surface area (Å²) in [6, 6.07) is 21.1. The van der Waals surface area contributed by atoms with Gasteiger partial charge in [-0.25, -0.2) is 13.2 Å². The standard InChI is InChI=1S/C29H23F3/c1-2-3-22-11-14-24(28(31)19-22)13-10-21-6-4-20(5-7-21)8-9-23-12-16-26-25(18-23)15-17-27(30)29(26)32/h4-7,11-12,14-19H,2-3,10,13H2,1H3. The minimum absolute atomic E-state index is 0.128. The molecule has 0 nitrogen and oxygen atoms in total. The number of hydrogen-bond donors (Lipinski definition) is 0. The third kappa shape index (κ3) is 5.03. The van der Waals surface area contributed by atoms with Crippen LogP contribution in [-0.4, -0.2) is 0 Å². The van der Waals surface area contributed by atoms with Gasteiger partial charge in [0.05, 0.1) is 0 Å². The Labute approximate surface area is 186 Å². The van der Waals surface area contributed by atoms with Crippen LogP contribution in [0.5, 0.6) is 0 Å². The minimum atomic E-state index is -0.854. The molecule has 3 heteroatoms. The van der Waals surface area contributed by atoms with Crippen molar-refractivity contribution in [2.45, 2.75) is 32.6 Å². The number of aryl methyl sites for hydroxylation is 3. The van der Waals surface area contributed by atoms with E-state index in [1.54, 1.807) is 30.3 Å². The molecule has 4 rings (SSSR count). The first-order chi connectivity index (χ1) is 15.5. The van der Waals surface area contributed by atoms with Crippen LogP contribution in [0.25, 0.3) is 10.8 Å². The molecule has 160 valence electrons. The highest BCUT2D eigenvalue weighted by Gasteiger charge is 2.07. The molecule has 0 radical (unpaired) electrons. The van der Waals surface area contributed by atoms with Gasteiger partial charge >= 0.3 is 0 Å². The minimum Gasteiger partial charge on any atom is -0.207 e. The molecule has 32 heavy (non-hydrogen) atoms. The van der Waals surface area contributed by atoms with Crippen LogP contribution in [0.2, 0.25) is 0 Å². The Morgan fingerprint density at radius 1 is 0.625 bits per heavy atom. The molecule has 0 heterocycles. The molecule has 0 unspecified atom stereocenters. The van der Waals surface area contributed by atoms with Crippen LogP contribution in [0.15, 0.2) is 72.8 Å². The lowest BCUT2D eigenvalue weighted by molar-refractivity contribution is 0.517. The van der Waals surface area contributed by atoms with Crippen LogP contribution in [0.4, 0.5) is 13.2 Å². The van der Waals surface area contributed by atoms with E-state index in [-0.39, 0.29) is 11.2 Å². The molecule has 4 aromatic carbocycles. The van der Waals surface area contributed by atoms with Gasteiger partial charge in [0.15, 0.2) is 11.6 Å². The number of fused-ring (bicyclic) bond motifs is 1. The summed E-state index contributed by atoms with van der Waals surface area (Å²) < 4.78 is 41.5.